The van der Waals surface area contributed by atoms with Gasteiger partial charge in [0.1, 0.15) is 5.69 Å². The number of nitrogens with zero attached hydrogens (tertiary/aromatic N) is 2. The van der Waals surface area contributed by atoms with Crippen LogP contribution in [0.3, 0.4) is 0 Å². The summed E-state index contributed by atoms with van der Waals surface area (Å²) < 4.78 is 4.93. The Labute approximate surface area is 150 Å². The van der Waals surface area contributed by atoms with Gasteiger partial charge in [0, 0.05) is 19.7 Å². The Bertz CT molecular complexity index is 791. The Hall–Kier alpha value is -2.74. The summed E-state index contributed by atoms with van der Waals surface area (Å²) in [6.07, 6.45) is 4.89. The lowest BCUT2D eigenvalue weighted by molar-refractivity contribution is -0.383. The zero-order valence-corrected chi connectivity index (χ0v) is 14.3. The standard InChI is InChI=1S/C18H19N3O5/c1-26-7-6-19-13-5-4-12(9-14(13)21(24)25)20-17(22)15-10-2-3-11(8-10)16(15)18(20)23/h2-5,9-11,15-16,19H,6-8H2,1H3. The second kappa shape index (κ2) is 6.21. The molecule has 4 rings (SSSR count). The Morgan fingerprint density at radius 3 is 2.46 bits per heavy atom. The minimum atomic E-state index is -0.518. The van der Waals surface area contributed by atoms with Crippen LogP contribution in [-0.4, -0.2) is 37.0 Å². The van der Waals surface area contributed by atoms with Crippen LogP contribution in [-0.2, 0) is 14.3 Å². The van der Waals surface area contributed by atoms with Crippen LogP contribution in [0.25, 0.3) is 0 Å². The maximum Gasteiger partial charge on any atom is 0.294 e. The Morgan fingerprint density at radius 2 is 1.88 bits per heavy atom. The van der Waals surface area contributed by atoms with Crippen LogP contribution in [0.2, 0.25) is 0 Å². The number of hydrogen-bond acceptors (Lipinski definition) is 6. The summed E-state index contributed by atoms with van der Waals surface area (Å²) in [7, 11) is 1.54. The number of nitro benzene ring substituents is 1. The van der Waals surface area contributed by atoms with E-state index in [1.54, 1.807) is 13.2 Å². The number of carbonyl (C=O) groups is 2. The van der Waals surface area contributed by atoms with Crippen LogP contribution in [0, 0.1) is 33.8 Å². The highest BCUT2D eigenvalue weighted by Crippen LogP contribution is 2.53. The minimum Gasteiger partial charge on any atom is -0.383 e. The fourth-order valence-electron chi connectivity index (χ4n) is 4.40. The largest absolute Gasteiger partial charge is 0.383 e. The fourth-order valence-corrected chi connectivity index (χ4v) is 4.40. The first-order valence-electron chi connectivity index (χ1n) is 8.60. The van der Waals surface area contributed by atoms with Gasteiger partial charge in [-0.1, -0.05) is 12.2 Å². The summed E-state index contributed by atoms with van der Waals surface area (Å²) >= 11 is 0. The van der Waals surface area contributed by atoms with E-state index in [1.807, 2.05) is 12.2 Å². The van der Waals surface area contributed by atoms with Crippen LogP contribution < -0.4 is 10.2 Å². The molecule has 1 saturated heterocycles. The van der Waals surface area contributed by atoms with Gasteiger partial charge in [0.05, 0.1) is 29.1 Å². The zero-order chi connectivity index (χ0) is 18.4. The van der Waals surface area contributed by atoms with Gasteiger partial charge in [-0.3, -0.25) is 19.7 Å². The average molecular weight is 357 g/mol. The number of rotatable bonds is 6. The van der Waals surface area contributed by atoms with Crippen molar-refractivity contribution in [3.05, 3.63) is 40.5 Å². The number of anilines is 2. The number of benzene rings is 1. The van der Waals surface area contributed by atoms with Gasteiger partial charge in [-0.05, 0) is 30.4 Å². The van der Waals surface area contributed by atoms with E-state index in [0.717, 1.165) is 11.3 Å². The highest BCUT2D eigenvalue weighted by molar-refractivity contribution is 6.23. The number of ether oxygens (including phenoxy) is 1. The molecule has 1 saturated carbocycles. The van der Waals surface area contributed by atoms with E-state index < -0.39 is 4.92 Å². The third kappa shape index (κ3) is 2.40. The second-order valence-corrected chi connectivity index (χ2v) is 6.89. The number of fused-ring (bicyclic) bond motifs is 5. The molecule has 2 fully saturated rings. The number of allylic oxidation sites excluding steroid dienone is 2. The molecular weight excluding hydrogens is 338 g/mol. The van der Waals surface area contributed by atoms with Crippen molar-refractivity contribution in [3.63, 3.8) is 0 Å². The smallest absolute Gasteiger partial charge is 0.294 e. The SMILES string of the molecule is COCCNc1ccc(N2C(=O)C3C4C=CC(C4)C3C2=O)cc1[N+](=O)[O-]. The van der Waals surface area contributed by atoms with Gasteiger partial charge in [-0.15, -0.1) is 0 Å². The van der Waals surface area contributed by atoms with Gasteiger partial charge in [-0.2, -0.15) is 0 Å². The molecule has 1 N–H and O–H groups in total. The van der Waals surface area contributed by atoms with Crippen LogP contribution in [0.1, 0.15) is 6.42 Å². The molecule has 0 aromatic heterocycles. The molecular formula is C18H19N3O5. The van der Waals surface area contributed by atoms with E-state index in [0.29, 0.717) is 18.8 Å². The van der Waals surface area contributed by atoms with Gasteiger partial charge in [0.2, 0.25) is 11.8 Å². The topological polar surface area (TPSA) is 102 Å². The third-order valence-corrected chi connectivity index (χ3v) is 5.53. The van der Waals surface area contributed by atoms with Crippen molar-refractivity contribution >= 4 is 28.9 Å². The molecule has 26 heavy (non-hydrogen) atoms. The first-order valence-corrected chi connectivity index (χ1v) is 8.60. The predicted molar refractivity (Wildman–Crippen MR) is 93.7 cm³/mol. The first kappa shape index (κ1) is 16.7. The molecule has 1 aliphatic heterocycles. The summed E-state index contributed by atoms with van der Waals surface area (Å²) in [5.41, 5.74) is 0.423. The summed E-state index contributed by atoms with van der Waals surface area (Å²) in [4.78, 5) is 37.7. The quantitative estimate of drug-likeness (QED) is 0.275. The number of carbonyl (C=O) groups excluding carboxylic acids is 2. The van der Waals surface area contributed by atoms with E-state index in [4.69, 9.17) is 4.74 Å². The number of imide groups is 1. The number of hydrogen-bond donors (Lipinski definition) is 1. The predicted octanol–water partition coefficient (Wildman–Crippen LogP) is 1.96. The normalized spacial score (nSPS) is 28.7. The number of nitrogens with one attached hydrogen (secondary N) is 1. The maximum atomic E-state index is 12.8. The molecule has 0 radical (unpaired) electrons. The van der Waals surface area contributed by atoms with Crippen molar-refractivity contribution in [2.24, 2.45) is 23.7 Å². The van der Waals surface area contributed by atoms with Crippen molar-refractivity contribution in [2.45, 2.75) is 6.42 Å². The highest BCUT2D eigenvalue weighted by atomic mass is 16.6. The summed E-state index contributed by atoms with van der Waals surface area (Å²) in [5.74, 6) is -0.919. The van der Waals surface area contributed by atoms with E-state index in [2.05, 4.69) is 5.32 Å². The molecule has 1 aromatic rings. The molecule has 2 aliphatic carbocycles. The van der Waals surface area contributed by atoms with Crippen molar-refractivity contribution < 1.29 is 19.2 Å². The van der Waals surface area contributed by atoms with E-state index >= 15 is 0 Å². The lowest BCUT2D eigenvalue weighted by atomic mass is 9.85. The molecule has 1 aromatic carbocycles. The van der Waals surface area contributed by atoms with Crippen LogP contribution in [0.15, 0.2) is 30.4 Å². The molecule has 136 valence electrons. The molecule has 1 heterocycles. The van der Waals surface area contributed by atoms with Gasteiger partial charge in [0.15, 0.2) is 0 Å². The van der Waals surface area contributed by atoms with Gasteiger partial charge in [-0.25, -0.2) is 4.90 Å². The number of amides is 2. The monoisotopic (exact) mass is 357 g/mol. The second-order valence-electron chi connectivity index (χ2n) is 6.89. The van der Waals surface area contributed by atoms with E-state index in [9.17, 15) is 19.7 Å². The molecule has 3 aliphatic rings. The molecule has 0 spiro atoms. The summed E-state index contributed by atoms with van der Waals surface area (Å²) in [6.45, 7) is 0.818. The average Bonchev–Trinajstić information content (AvgIpc) is 3.29. The van der Waals surface area contributed by atoms with E-state index in [-0.39, 0.29) is 46.9 Å². The summed E-state index contributed by atoms with van der Waals surface area (Å²) in [5, 5.41) is 14.4. The fraction of sp³-hybridized carbons (Fsp3) is 0.444. The molecule has 8 heteroatoms. The number of methoxy groups -OCH3 is 1. The van der Waals surface area contributed by atoms with Crippen LogP contribution >= 0.6 is 0 Å². The Kier molecular flexibility index (Phi) is 3.99. The molecule has 4 unspecified atom stereocenters. The Morgan fingerprint density at radius 1 is 1.23 bits per heavy atom. The zero-order valence-electron chi connectivity index (χ0n) is 14.3. The number of nitro groups is 1. The van der Waals surface area contributed by atoms with Gasteiger partial charge < -0.3 is 10.1 Å². The van der Waals surface area contributed by atoms with Gasteiger partial charge >= 0.3 is 0 Å². The molecule has 2 bridgehead atoms. The minimum absolute atomic E-state index is 0.108. The van der Waals surface area contributed by atoms with Crippen molar-refractivity contribution in [1.82, 2.24) is 0 Å². The highest BCUT2D eigenvalue weighted by Gasteiger charge is 2.59. The molecule has 8 nitrogen and oxygen atoms in total. The molecule has 2 amide bonds. The van der Waals surface area contributed by atoms with Crippen molar-refractivity contribution in [3.8, 4) is 0 Å². The van der Waals surface area contributed by atoms with Crippen molar-refractivity contribution in [1.29, 1.82) is 0 Å². The first-order chi connectivity index (χ1) is 12.5. The summed E-state index contributed by atoms with van der Waals surface area (Å²) in [6, 6.07) is 4.40. The third-order valence-electron chi connectivity index (χ3n) is 5.53. The lowest BCUT2D eigenvalue weighted by Gasteiger charge is -2.18. The Balaban J connectivity index is 1.64. The van der Waals surface area contributed by atoms with Crippen molar-refractivity contribution in [2.75, 3.05) is 30.5 Å². The maximum absolute atomic E-state index is 12.8. The van der Waals surface area contributed by atoms with Crippen LogP contribution in [0.5, 0.6) is 0 Å². The van der Waals surface area contributed by atoms with E-state index in [1.165, 1.54) is 12.1 Å². The lowest BCUT2D eigenvalue weighted by Crippen LogP contribution is -2.32. The van der Waals surface area contributed by atoms with Crippen LogP contribution in [0.4, 0.5) is 17.1 Å². The van der Waals surface area contributed by atoms with Gasteiger partial charge in [0.25, 0.3) is 5.69 Å². The molecule has 4 atom stereocenters.